The van der Waals surface area contributed by atoms with Crippen molar-refractivity contribution in [2.75, 3.05) is 32.8 Å². The molecule has 0 spiro atoms. The molecule has 22 heavy (non-hydrogen) atoms. The van der Waals surface area contributed by atoms with Crippen molar-refractivity contribution in [2.24, 2.45) is 0 Å². The first-order valence-corrected chi connectivity index (χ1v) is 9.15. The van der Waals surface area contributed by atoms with E-state index in [1.807, 2.05) is 4.90 Å². The first-order valence-electron chi connectivity index (χ1n) is 8.34. The molecule has 0 aliphatic carbocycles. The maximum Gasteiger partial charge on any atom is 0.264 e. The topological polar surface area (TPSA) is 43.8 Å². The fourth-order valence-corrected chi connectivity index (χ4v) is 4.13. The summed E-state index contributed by atoms with van der Waals surface area (Å²) in [6, 6.07) is 2.32. The Morgan fingerprint density at radius 3 is 2.55 bits per heavy atom. The Morgan fingerprint density at radius 1 is 1.32 bits per heavy atom. The number of hydrogen-bond donors (Lipinski definition) is 1. The number of nitrogens with zero attached hydrogens (tertiary/aromatic N) is 2. The van der Waals surface area contributed by atoms with Crippen molar-refractivity contribution in [3.05, 3.63) is 21.4 Å². The van der Waals surface area contributed by atoms with Crippen LogP contribution in [0.25, 0.3) is 0 Å². The lowest BCUT2D eigenvalue weighted by atomic mass is 10.1. The van der Waals surface area contributed by atoms with E-state index in [0.717, 1.165) is 50.3 Å². The van der Waals surface area contributed by atoms with Gasteiger partial charge in [-0.2, -0.15) is 0 Å². The van der Waals surface area contributed by atoms with E-state index in [-0.39, 0.29) is 18.6 Å². The molecule has 1 unspecified atom stereocenters. The van der Waals surface area contributed by atoms with Crippen molar-refractivity contribution < 1.29 is 9.90 Å². The van der Waals surface area contributed by atoms with E-state index in [0.29, 0.717) is 0 Å². The maximum atomic E-state index is 12.7. The van der Waals surface area contributed by atoms with Crippen LogP contribution >= 0.6 is 11.3 Å². The molecule has 124 valence electrons. The number of piperazine rings is 1. The Kier molecular flexibility index (Phi) is 6.41. The molecular formula is C17H28N2O2S. The third kappa shape index (κ3) is 3.89. The average molecular weight is 324 g/mol. The molecule has 1 N–H and O–H groups in total. The van der Waals surface area contributed by atoms with E-state index in [1.165, 1.54) is 10.4 Å². The van der Waals surface area contributed by atoms with Crippen LogP contribution in [0.1, 0.15) is 46.8 Å². The van der Waals surface area contributed by atoms with Gasteiger partial charge in [0.1, 0.15) is 0 Å². The highest BCUT2D eigenvalue weighted by Gasteiger charge is 2.26. The Balaban J connectivity index is 1.96. The first kappa shape index (κ1) is 17.4. The van der Waals surface area contributed by atoms with Gasteiger partial charge in [0.15, 0.2) is 0 Å². The molecule has 0 saturated carbocycles. The molecule has 0 bridgehead atoms. The minimum Gasteiger partial charge on any atom is -0.395 e. The van der Waals surface area contributed by atoms with E-state index in [1.54, 1.807) is 11.3 Å². The summed E-state index contributed by atoms with van der Waals surface area (Å²) < 4.78 is 0. The van der Waals surface area contributed by atoms with Crippen LogP contribution < -0.4 is 0 Å². The fraction of sp³-hybridized carbons (Fsp3) is 0.706. The van der Waals surface area contributed by atoms with Gasteiger partial charge in [0.2, 0.25) is 0 Å². The summed E-state index contributed by atoms with van der Waals surface area (Å²) in [5.74, 6) is 0.173. The van der Waals surface area contributed by atoms with Gasteiger partial charge < -0.3 is 10.0 Å². The van der Waals surface area contributed by atoms with Crippen molar-refractivity contribution in [3.8, 4) is 0 Å². The largest absolute Gasteiger partial charge is 0.395 e. The van der Waals surface area contributed by atoms with Crippen molar-refractivity contribution >= 4 is 17.2 Å². The number of carbonyl (C=O) groups excluding carboxylic acids is 1. The average Bonchev–Trinajstić information content (AvgIpc) is 2.90. The molecule has 1 aliphatic heterocycles. The SMILES string of the molecule is CCCc1cc(C(=O)N2CCN(C(CC)CO)CC2)sc1C. The van der Waals surface area contributed by atoms with Crippen molar-refractivity contribution in [1.29, 1.82) is 0 Å². The Hall–Kier alpha value is -0.910. The highest BCUT2D eigenvalue weighted by Crippen LogP contribution is 2.24. The Bertz CT molecular complexity index is 489. The maximum absolute atomic E-state index is 12.7. The molecular weight excluding hydrogens is 296 g/mol. The van der Waals surface area contributed by atoms with Crippen LogP contribution in [0.15, 0.2) is 6.07 Å². The van der Waals surface area contributed by atoms with E-state index in [2.05, 4.69) is 31.7 Å². The summed E-state index contributed by atoms with van der Waals surface area (Å²) in [5, 5.41) is 9.39. The zero-order chi connectivity index (χ0) is 16.1. The van der Waals surface area contributed by atoms with Gasteiger partial charge in [-0.25, -0.2) is 0 Å². The van der Waals surface area contributed by atoms with Gasteiger partial charge in [-0.15, -0.1) is 11.3 Å². The molecule has 1 aliphatic rings. The van der Waals surface area contributed by atoms with Gasteiger partial charge in [0.25, 0.3) is 5.91 Å². The highest BCUT2D eigenvalue weighted by atomic mass is 32.1. The van der Waals surface area contributed by atoms with Crippen LogP contribution in [0.4, 0.5) is 0 Å². The number of rotatable bonds is 6. The molecule has 5 heteroatoms. The number of thiophene rings is 1. The molecule has 0 radical (unpaired) electrons. The second-order valence-electron chi connectivity index (χ2n) is 6.01. The van der Waals surface area contributed by atoms with Crippen molar-refractivity contribution in [3.63, 3.8) is 0 Å². The van der Waals surface area contributed by atoms with Gasteiger partial charge in [0.05, 0.1) is 11.5 Å². The van der Waals surface area contributed by atoms with Gasteiger partial charge in [-0.05, 0) is 31.4 Å². The second kappa shape index (κ2) is 8.09. The third-order valence-electron chi connectivity index (χ3n) is 4.55. The lowest BCUT2D eigenvalue weighted by molar-refractivity contribution is 0.0476. The predicted octanol–water partition coefficient (Wildman–Crippen LogP) is 2.54. The number of hydrogen-bond acceptors (Lipinski definition) is 4. The summed E-state index contributed by atoms with van der Waals surface area (Å²) >= 11 is 1.63. The number of aliphatic hydroxyl groups excluding tert-OH is 1. The van der Waals surface area contributed by atoms with E-state index in [4.69, 9.17) is 0 Å². The van der Waals surface area contributed by atoms with Crippen LogP contribution in [0.3, 0.4) is 0 Å². The quantitative estimate of drug-likeness (QED) is 0.874. The fourth-order valence-electron chi connectivity index (χ4n) is 3.09. The van der Waals surface area contributed by atoms with Crippen LogP contribution in [-0.2, 0) is 6.42 Å². The number of aliphatic hydroxyl groups is 1. The van der Waals surface area contributed by atoms with Crippen LogP contribution in [0, 0.1) is 6.92 Å². The summed E-state index contributed by atoms with van der Waals surface area (Å²) in [4.78, 5) is 19.1. The zero-order valence-corrected chi connectivity index (χ0v) is 14.8. The predicted molar refractivity (Wildman–Crippen MR) is 91.7 cm³/mol. The molecule has 0 aromatic carbocycles. The summed E-state index contributed by atoms with van der Waals surface area (Å²) in [6.07, 6.45) is 3.12. The monoisotopic (exact) mass is 324 g/mol. The summed E-state index contributed by atoms with van der Waals surface area (Å²) in [5.41, 5.74) is 1.32. The van der Waals surface area contributed by atoms with Crippen molar-refractivity contribution in [2.45, 2.75) is 46.1 Å². The highest BCUT2D eigenvalue weighted by molar-refractivity contribution is 7.14. The van der Waals surface area contributed by atoms with Gasteiger partial charge in [-0.1, -0.05) is 20.3 Å². The molecule has 2 heterocycles. The number of carbonyl (C=O) groups is 1. The lowest BCUT2D eigenvalue weighted by Gasteiger charge is -2.38. The molecule has 1 aromatic rings. The first-order chi connectivity index (χ1) is 10.6. The normalized spacial score (nSPS) is 17.7. The van der Waals surface area contributed by atoms with Gasteiger partial charge in [0, 0.05) is 37.1 Å². The molecule has 1 aromatic heterocycles. The standard InChI is InChI=1S/C17H28N2O2S/c1-4-6-14-11-16(22-13(14)3)17(21)19-9-7-18(8-10-19)15(5-2)12-20/h11,15,20H,4-10,12H2,1-3H3. The minimum atomic E-state index is 0.173. The van der Waals surface area contributed by atoms with Gasteiger partial charge >= 0.3 is 0 Å². The number of amides is 1. The van der Waals surface area contributed by atoms with Crippen LogP contribution in [0.5, 0.6) is 0 Å². The van der Waals surface area contributed by atoms with E-state index in [9.17, 15) is 9.90 Å². The second-order valence-corrected chi connectivity index (χ2v) is 7.27. The van der Waals surface area contributed by atoms with Crippen molar-refractivity contribution in [1.82, 2.24) is 9.80 Å². The van der Waals surface area contributed by atoms with Crippen LogP contribution in [-0.4, -0.2) is 59.6 Å². The molecule has 1 fully saturated rings. The molecule has 1 atom stereocenters. The minimum absolute atomic E-state index is 0.173. The Morgan fingerprint density at radius 2 is 2.00 bits per heavy atom. The molecule has 2 rings (SSSR count). The van der Waals surface area contributed by atoms with Gasteiger partial charge in [-0.3, -0.25) is 9.69 Å². The smallest absolute Gasteiger partial charge is 0.264 e. The summed E-state index contributed by atoms with van der Waals surface area (Å²) in [7, 11) is 0. The molecule has 1 saturated heterocycles. The molecule has 1 amide bonds. The molecule has 4 nitrogen and oxygen atoms in total. The number of aryl methyl sites for hydroxylation is 2. The Labute approximate surface area is 137 Å². The summed E-state index contributed by atoms with van der Waals surface area (Å²) in [6.45, 7) is 9.82. The third-order valence-corrected chi connectivity index (χ3v) is 5.63. The lowest BCUT2D eigenvalue weighted by Crippen LogP contribution is -2.52. The van der Waals surface area contributed by atoms with E-state index < -0.39 is 0 Å². The van der Waals surface area contributed by atoms with E-state index >= 15 is 0 Å². The zero-order valence-electron chi connectivity index (χ0n) is 14.0. The van der Waals surface area contributed by atoms with Crippen LogP contribution in [0.2, 0.25) is 0 Å².